The molecular weight excluding hydrogens is 356 g/mol. The maximum absolute atomic E-state index is 12.3. The molecule has 0 aliphatic heterocycles. The van der Waals surface area contributed by atoms with Gasteiger partial charge in [0, 0.05) is 28.1 Å². The molecule has 1 aromatic heterocycles. The Bertz CT molecular complexity index is 861. The number of non-ortho nitro benzene ring substituents is 1. The van der Waals surface area contributed by atoms with Crippen LogP contribution in [-0.4, -0.2) is 23.4 Å². The van der Waals surface area contributed by atoms with Crippen LogP contribution in [-0.2, 0) is 22.4 Å². The van der Waals surface area contributed by atoms with E-state index in [2.05, 4.69) is 12.2 Å². The monoisotopic (exact) mass is 374 g/mol. The zero-order chi connectivity index (χ0) is 18.7. The summed E-state index contributed by atoms with van der Waals surface area (Å²) in [6.07, 6.45) is 2.86. The van der Waals surface area contributed by atoms with Gasteiger partial charge in [-0.25, -0.2) is 4.79 Å². The fourth-order valence-electron chi connectivity index (χ4n) is 2.95. The zero-order valence-electron chi connectivity index (χ0n) is 14.2. The van der Waals surface area contributed by atoms with Crippen LogP contribution in [0.3, 0.4) is 0 Å². The number of amides is 1. The third kappa shape index (κ3) is 4.08. The smallest absolute Gasteiger partial charge is 0.339 e. The molecule has 1 unspecified atom stereocenters. The molecule has 1 aliphatic carbocycles. The van der Waals surface area contributed by atoms with E-state index in [-0.39, 0.29) is 11.4 Å². The first-order valence-electron chi connectivity index (χ1n) is 8.24. The van der Waals surface area contributed by atoms with Crippen molar-refractivity contribution in [3.8, 4) is 0 Å². The fourth-order valence-corrected chi connectivity index (χ4v) is 4.19. The first-order chi connectivity index (χ1) is 12.4. The van der Waals surface area contributed by atoms with E-state index >= 15 is 0 Å². The van der Waals surface area contributed by atoms with E-state index in [9.17, 15) is 19.7 Å². The summed E-state index contributed by atoms with van der Waals surface area (Å²) >= 11 is 1.56. The van der Waals surface area contributed by atoms with Gasteiger partial charge in [0.15, 0.2) is 6.61 Å². The number of hydrogen-bond donors (Lipinski definition) is 1. The van der Waals surface area contributed by atoms with Crippen LogP contribution in [0.25, 0.3) is 0 Å². The molecule has 2 aromatic rings. The van der Waals surface area contributed by atoms with Crippen LogP contribution >= 0.6 is 11.3 Å². The standard InChI is InChI=1S/C18H18N2O5S/c1-11-5-6-14-15(10-26-16(14)7-11)18(22)25-9-17(21)19-12-3-2-4-13(8-12)20(23)24/h2-4,8,10-11H,5-7,9H2,1H3,(H,19,21). The van der Waals surface area contributed by atoms with Crippen LogP contribution in [0.2, 0.25) is 0 Å². The second kappa shape index (κ2) is 7.65. The average Bonchev–Trinajstić information content (AvgIpc) is 3.03. The average molecular weight is 374 g/mol. The second-order valence-corrected chi connectivity index (χ2v) is 7.30. The molecule has 1 aromatic carbocycles. The van der Waals surface area contributed by atoms with Crippen molar-refractivity contribution in [1.29, 1.82) is 0 Å². The van der Waals surface area contributed by atoms with Crippen LogP contribution in [0.4, 0.5) is 11.4 Å². The first-order valence-corrected chi connectivity index (χ1v) is 9.12. The van der Waals surface area contributed by atoms with Gasteiger partial charge in [-0.1, -0.05) is 13.0 Å². The molecule has 1 N–H and O–H groups in total. The van der Waals surface area contributed by atoms with Crippen LogP contribution in [0.1, 0.15) is 34.1 Å². The van der Waals surface area contributed by atoms with Crippen molar-refractivity contribution in [1.82, 2.24) is 0 Å². The largest absolute Gasteiger partial charge is 0.452 e. The van der Waals surface area contributed by atoms with Crippen molar-refractivity contribution < 1.29 is 19.2 Å². The van der Waals surface area contributed by atoms with Gasteiger partial charge in [0.1, 0.15) is 0 Å². The minimum absolute atomic E-state index is 0.126. The number of esters is 1. The number of nitrogens with zero attached hydrogens (tertiary/aromatic N) is 1. The number of nitro benzene ring substituents is 1. The van der Waals surface area contributed by atoms with Gasteiger partial charge in [0.05, 0.1) is 10.5 Å². The predicted molar refractivity (Wildman–Crippen MR) is 97.5 cm³/mol. The Hall–Kier alpha value is -2.74. The van der Waals surface area contributed by atoms with Gasteiger partial charge in [0.2, 0.25) is 0 Å². The van der Waals surface area contributed by atoms with E-state index in [1.54, 1.807) is 16.7 Å². The van der Waals surface area contributed by atoms with Gasteiger partial charge in [-0.3, -0.25) is 14.9 Å². The maximum atomic E-state index is 12.3. The zero-order valence-corrected chi connectivity index (χ0v) is 15.0. The van der Waals surface area contributed by atoms with Crippen LogP contribution in [0, 0.1) is 16.0 Å². The van der Waals surface area contributed by atoms with E-state index < -0.39 is 23.4 Å². The summed E-state index contributed by atoms with van der Waals surface area (Å²) in [6, 6.07) is 5.58. The number of benzene rings is 1. The van der Waals surface area contributed by atoms with Crippen LogP contribution < -0.4 is 5.32 Å². The Kier molecular flexibility index (Phi) is 5.32. The van der Waals surface area contributed by atoms with Gasteiger partial charge < -0.3 is 10.1 Å². The molecule has 1 aliphatic rings. The van der Waals surface area contributed by atoms with E-state index in [1.165, 1.54) is 29.1 Å². The Morgan fingerprint density at radius 3 is 3.00 bits per heavy atom. The van der Waals surface area contributed by atoms with Crippen molar-refractivity contribution in [2.24, 2.45) is 5.92 Å². The fraction of sp³-hybridized carbons (Fsp3) is 0.333. The summed E-state index contributed by atoms with van der Waals surface area (Å²) in [5.74, 6) is -0.437. The normalized spacial score (nSPS) is 15.8. The summed E-state index contributed by atoms with van der Waals surface area (Å²) in [4.78, 5) is 35.6. The molecule has 3 rings (SSSR count). The molecule has 1 amide bonds. The molecule has 7 nitrogen and oxygen atoms in total. The van der Waals surface area contributed by atoms with Gasteiger partial charge in [-0.05, 0) is 36.8 Å². The molecule has 0 saturated carbocycles. The lowest BCUT2D eigenvalue weighted by molar-refractivity contribution is -0.384. The topological polar surface area (TPSA) is 98.5 Å². The molecular formula is C18H18N2O5S. The predicted octanol–water partition coefficient (Wildman–Crippen LogP) is 3.58. The molecule has 26 heavy (non-hydrogen) atoms. The van der Waals surface area contributed by atoms with E-state index in [0.29, 0.717) is 11.5 Å². The molecule has 0 radical (unpaired) electrons. The van der Waals surface area contributed by atoms with Crippen LogP contribution in [0.15, 0.2) is 29.6 Å². The SMILES string of the molecule is CC1CCc2c(C(=O)OCC(=O)Nc3cccc([N+](=O)[O-])c3)csc2C1. The number of hydrogen-bond acceptors (Lipinski definition) is 6. The molecule has 8 heteroatoms. The molecule has 0 saturated heterocycles. The van der Waals surface area contributed by atoms with Gasteiger partial charge in [0.25, 0.3) is 11.6 Å². The van der Waals surface area contributed by atoms with Crippen molar-refractivity contribution in [2.75, 3.05) is 11.9 Å². The summed E-state index contributed by atoms with van der Waals surface area (Å²) in [5.41, 5.74) is 1.73. The van der Waals surface area contributed by atoms with E-state index in [1.807, 2.05) is 0 Å². The number of nitro groups is 1. The lowest BCUT2D eigenvalue weighted by Gasteiger charge is -2.18. The molecule has 1 atom stereocenters. The summed E-state index contributed by atoms with van der Waals surface area (Å²) in [5, 5.41) is 15.0. The first kappa shape index (κ1) is 18.1. The highest BCUT2D eigenvalue weighted by Crippen LogP contribution is 2.33. The Morgan fingerprint density at radius 1 is 1.42 bits per heavy atom. The number of carbonyl (C=O) groups is 2. The van der Waals surface area contributed by atoms with E-state index in [4.69, 9.17) is 4.74 Å². The van der Waals surface area contributed by atoms with Gasteiger partial charge >= 0.3 is 5.97 Å². The molecule has 136 valence electrons. The molecule has 0 bridgehead atoms. The lowest BCUT2D eigenvalue weighted by atomic mass is 9.88. The third-order valence-electron chi connectivity index (χ3n) is 4.30. The van der Waals surface area contributed by atoms with Gasteiger partial charge in [-0.2, -0.15) is 0 Å². The quantitative estimate of drug-likeness (QED) is 0.490. The summed E-state index contributed by atoms with van der Waals surface area (Å²) in [6.45, 7) is 1.75. The van der Waals surface area contributed by atoms with Gasteiger partial charge in [-0.15, -0.1) is 11.3 Å². The van der Waals surface area contributed by atoms with Crippen LogP contribution in [0.5, 0.6) is 0 Å². The highest BCUT2D eigenvalue weighted by Gasteiger charge is 2.24. The Labute approximate surface area is 154 Å². The highest BCUT2D eigenvalue weighted by atomic mass is 32.1. The third-order valence-corrected chi connectivity index (χ3v) is 5.35. The van der Waals surface area contributed by atoms with Crippen molar-refractivity contribution in [3.63, 3.8) is 0 Å². The number of anilines is 1. The Morgan fingerprint density at radius 2 is 2.23 bits per heavy atom. The highest BCUT2D eigenvalue weighted by molar-refractivity contribution is 7.10. The Balaban J connectivity index is 1.57. The number of fused-ring (bicyclic) bond motifs is 1. The number of nitrogens with one attached hydrogen (secondary N) is 1. The number of ether oxygens (including phenoxy) is 1. The number of thiophene rings is 1. The van der Waals surface area contributed by atoms with Crippen molar-refractivity contribution >= 4 is 34.6 Å². The molecule has 0 spiro atoms. The number of carbonyl (C=O) groups excluding carboxylic acids is 2. The summed E-state index contributed by atoms with van der Waals surface area (Å²) in [7, 11) is 0. The number of rotatable bonds is 5. The minimum Gasteiger partial charge on any atom is -0.452 e. The van der Waals surface area contributed by atoms with E-state index in [0.717, 1.165) is 24.8 Å². The maximum Gasteiger partial charge on any atom is 0.339 e. The van der Waals surface area contributed by atoms with Crippen molar-refractivity contribution in [3.05, 3.63) is 55.8 Å². The summed E-state index contributed by atoms with van der Waals surface area (Å²) < 4.78 is 5.11. The lowest BCUT2D eigenvalue weighted by Crippen LogP contribution is -2.21. The minimum atomic E-state index is -0.545. The van der Waals surface area contributed by atoms with Crippen molar-refractivity contribution in [2.45, 2.75) is 26.2 Å². The molecule has 0 fully saturated rings. The second-order valence-electron chi connectivity index (χ2n) is 6.33. The molecule has 1 heterocycles.